The quantitative estimate of drug-likeness (QED) is 0.410. The third kappa shape index (κ3) is 3.43. The minimum absolute atomic E-state index is 0.475. The molecule has 0 atom stereocenters. The maximum Gasteiger partial charge on any atom is 0.246 e. The topological polar surface area (TPSA) is 103 Å². The summed E-state index contributed by atoms with van der Waals surface area (Å²) in [6, 6.07) is 13.7. The Morgan fingerprint density at radius 3 is 2.71 bits per heavy atom. The Kier molecular flexibility index (Phi) is 4.56. The van der Waals surface area contributed by atoms with Crippen molar-refractivity contribution in [1.82, 2.24) is 15.2 Å². The predicted molar refractivity (Wildman–Crippen MR) is 97.8 cm³/mol. The lowest BCUT2D eigenvalue weighted by molar-refractivity contribution is 0.922. The fraction of sp³-hybridized carbons (Fsp3) is 0.167. The van der Waals surface area contributed by atoms with Gasteiger partial charge in [0, 0.05) is 28.7 Å². The van der Waals surface area contributed by atoms with E-state index in [0.29, 0.717) is 23.0 Å². The van der Waals surface area contributed by atoms with Crippen molar-refractivity contribution in [2.75, 3.05) is 11.1 Å². The van der Waals surface area contributed by atoms with Crippen LogP contribution in [-0.4, -0.2) is 21.4 Å². The molecule has 0 radical (unpaired) electrons. The number of rotatable bonds is 6. The molecular formula is C18H20N6. The lowest BCUT2D eigenvalue weighted by Crippen LogP contribution is -1.97. The van der Waals surface area contributed by atoms with Gasteiger partial charge in [-0.25, -0.2) is 0 Å². The summed E-state index contributed by atoms with van der Waals surface area (Å²) >= 11 is 0. The van der Waals surface area contributed by atoms with Gasteiger partial charge >= 0.3 is 0 Å². The van der Waals surface area contributed by atoms with Crippen LogP contribution >= 0.6 is 0 Å². The fourth-order valence-electron chi connectivity index (χ4n) is 2.47. The summed E-state index contributed by atoms with van der Waals surface area (Å²) in [6.07, 6.45) is 3.44. The van der Waals surface area contributed by atoms with Gasteiger partial charge in [0.05, 0.1) is 0 Å². The Bertz CT molecular complexity index is 835. The highest BCUT2D eigenvalue weighted by molar-refractivity contribution is 5.87. The first-order valence-corrected chi connectivity index (χ1v) is 7.88. The minimum atomic E-state index is 0.475. The predicted octanol–water partition coefficient (Wildman–Crippen LogP) is 3.75. The van der Waals surface area contributed by atoms with Gasteiger partial charge in [-0.05, 0) is 30.2 Å². The van der Waals surface area contributed by atoms with Crippen LogP contribution < -0.4 is 11.1 Å². The first-order chi connectivity index (χ1) is 11.7. The third-order valence-corrected chi connectivity index (χ3v) is 3.75. The summed E-state index contributed by atoms with van der Waals surface area (Å²) in [5.41, 5.74) is 10.1. The van der Waals surface area contributed by atoms with Gasteiger partial charge in [-0.1, -0.05) is 37.6 Å². The molecule has 0 aliphatic heterocycles. The third-order valence-electron chi connectivity index (χ3n) is 3.75. The number of nitrogens with two attached hydrogens (primary N) is 1. The molecule has 3 rings (SSSR count). The zero-order valence-electron chi connectivity index (χ0n) is 13.5. The number of aryl methyl sites for hydroxylation is 1. The van der Waals surface area contributed by atoms with Crippen molar-refractivity contribution >= 4 is 23.5 Å². The number of anilines is 3. The number of H-pyrrole nitrogens is 1. The van der Waals surface area contributed by atoms with Crippen LogP contribution in [0.25, 0.3) is 11.4 Å². The SMILES string of the molecule is CCCc1ccc(-c2nc(Nc3ccc(N)c(C=N)c3)n[nH]2)cc1. The van der Waals surface area contributed by atoms with E-state index in [1.54, 1.807) is 12.1 Å². The van der Waals surface area contributed by atoms with E-state index in [9.17, 15) is 0 Å². The first kappa shape index (κ1) is 15.7. The average molecular weight is 320 g/mol. The molecule has 0 fully saturated rings. The molecule has 122 valence electrons. The number of nitrogens with one attached hydrogen (secondary N) is 3. The summed E-state index contributed by atoms with van der Waals surface area (Å²) in [7, 11) is 0. The molecule has 0 amide bonds. The van der Waals surface area contributed by atoms with Crippen molar-refractivity contribution < 1.29 is 0 Å². The van der Waals surface area contributed by atoms with E-state index < -0.39 is 0 Å². The number of hydrogen-bond acceptors (Lipinski definition) is 5. The maximum atomic E-state index is 7.35. The Morgan fingerprint density at radius 1 is 1.21 bits per heavy atom. The number of aromatic amines is 1. The van der Waals surface area contributed by atoms with Gasteiger partial charge < -0.3 is 16.5 Å². The molecule has 1 aromatic heterocycles. The summed E-state index contributed by atoms with van der Waals surface area (Å²) in [5.74, 6) is 1.19. The average Bonchev–Trinajstić information content (AvgIpc) is 3.06. The van der Waals surface area contributed by atoms with Gasteiger partial charge in [0.2, 0.25) is 5.95 Å². The molecule has 0 aliphatic rings. The lowest BCUT2D eigenvalue weighted by Gasteiger charge is -2.05. The van der Waals surface area contributed by atoms with E-state index in [4.69, 9.17) is 11.1 Å². The number of aromatic nitrogens is 3. The molecule has 6 nitrogen and oxygen atoms in total. The molecule has 0 saturated carbocycles. The van der Waals surface area contributed by atoms with Crippen LogP contribution in [0.3, 0.4) is 0 Å². The summed E-state index contributed by atoms with van der Waals surface area (Å²) < 4.78 is 0. The van der Waals surface area contributed by atoms with E-state index in [1.165, 1.54) is 11.8 Å². The van der Waals surface area contributed by atoms with Gasteiger partial charge in [-0.15, -0.1) is 5.10 Å². The van der Waals surface area contributed by atoms with E-state index >= 15 is 0 Å². The summed E-state index contributed by atoms with van der Waals surface area (Å²) in [5, 5.41) is 17.6. The normalized spacial score (nSPS) is 10.5. The largest absolute Gasteiger partial charge is 0.398 e. The van der Waals surface area contributed by atoms with E-state index in [2.05, 4.69) is 39.6 Å². The smallest absolute Gasteiger partial charge is 0.246 e. The van der Waals surface area contributed by atoms with Gasteiger partial charge in [-0.2, -0.15) is 4.98 Å². The molecule has 0 aliphatic carbocycles. The highest BCUT2D eigenvalue weighted by atomic mass is 15.3. The van der Waals surface area contributed by atoms with Crippen molar-refractivity contribution in [2.45, 2.75) is 19.8 Å². The van der Waals surface area contributed by atoms with Gasteiger partial charge in [-0.3, -0.25) is 5.10 Å². The molecule has 6 heteroatoms. The van der Waals surface area contributed by atoms with Crippen LogP contribution in [0.4, 0.5) is 17.3 Å². The van der Waals surface area contributed by atoms with Crippen LogP contribution in [0, 0.1) is 5.41 Å². The molecular weight excluding hydrogens is 300 g/mol. The van der Waals surface area contributed by atoms with Gasteiger partial charge in [0.1, 0.15) is 0 Å². The monoisotopic (exact) mass is 320 g/mol. The second kappa shape index (κ2) is 6.95. The number of nitrogen functional groups attached to an aromatic ring is 1. The Hall–Kier alpha value is -3.15. The highest BCUT2D eigenvalue weighted by Gasteiger charge is 2.07. The molecule has 0 spiro atoms. The van der Waals surface area contributed by atoms with Gasteiger partial charge in [0.25, 0.3) is 0 Å². The highest BCUT2D eigenvalue weighted by Crippen LogP contribution is 2.21. The van der Waals surface area contributed by atoms with E-state index in [0.717, 1.165) is 24.1 Å². The Labute approximate surface area is 140 Å². The van der Waals surface area contributed by atoms with Crippen LogP contribution in [-0.2, 0) is 6.42 Å². The molecule has 1 heterocycles. The Morgan fingerprint density at radius 2 is 2.00 bits per heavy atom. The molecule has 2 aromatic carbocycles. The summed E-state index contributed by atoms with van der Waals surface area (Å²) in [6.45, 7) is 2.17. The molecule has 24 heavy (non-hydrogen) atoms. The van der Waals surface area contributed by atoms with Crippen LogP contribution in [0.15, 0.2) is 42.5 Å². The minimum Gasteiger partial charge on any atom is -0.398 e. The number of hydrogen-bond donors (Lipinski definition) is 4. The van der Waals surface area contributed by atoms with Gasteiger partial charge in [0.15, 0.2) is 5.82 Å². The van der Waals surface area contributed by atoms with Crippen molar-refractivity contribution in [3.8, 4) is 11.4 Å². The molecule has 3 aromatic rings. The van der Waals surface area contributed by atoms with Crippen molar-refractivity contribution in [3.05, 3.63) is 53.6 Å². The van der Waals surface area contributed by atoms with Crippen LogP contribution in [0.2, 0.25) is 0 Å². The second-order valence-electron chi connectivity index (χ2n) is 5.57. The van der Waals surface area contributed by atoms with Crippen molar-refractivity contribution in [2.24, 2.45) is 0 Å². The van der Waals surface area contributed by atoms with Crippen molar-refractivity contribution in [3.63, 3.8) is 0 Å². The van der Waals surface area contributed by atoms with Crippen LogP contribution in [0.1, 0.15) is 24.5 Å². The zero-order chi connectivity index (χ0) is 16.9. The maximum absolute atomic E-state index is 7.35. The Balaban J connectivity index is 1.76. The zero-order valence-corrected chi connectivity index (χ0v) is 13.5. The first-order valence-electron chi connectivity index (χ1n) is 7.88. The second-order valence-corrected chi connectivity index (χ2v) is 5.57. The molecule has 0 bridgehead atoms. The molecule has 5 N–H and O–H groups in total. The number of nitrogens with zero attached hydrogens (tertiary/aromatic N) is 2. The fourth-order valence-corrected chi connectivity index (χ4v) is 2.47. The molecule has 0 unspecified atom stereocenters. The van der Waals surface area contributed by atoms with E-state index in [-0.39, 0.29) is 0 Å². The van der Waals surface area contributed by atoms with Crippen LogP contribution in [0.5, 0.6) is 0 Å². The molecule has 0 saturated heterocycles. The van der Waals surface area contributed by atoms with Crippen molar-refractivity contribution in [1.29, 1.82) is 5.41 Å². The standard InChI is InChI=1S/C18H20N6/c1-2-3-12-4-6-13(7-5-12)17-22-18(24-23-17)21-15-8-9-16(20)14(10-15)11-19/h4-11,19H,2-3,20H2,1H3,(H2,21,22,23,24). The lowest BCUT2D eigenvalue weighted by atomic mass is 10.1. The van der Waals surface area contributed by atoms with E-state index in [1.807, 2.05) is 18.2 Å². The number of benzene rings is 2. The summed E-state index contributed by atoms with van der Waals surface area (Å²) in [4.78, 5) is 4.46.